The van der Waals surface area contributed by atoms with Crippen LogP contribution in [0.1, 0.15) is 68.4 Å². The summed E-state index contributed by atoms with van der Waals surface area (Å²) in [5, 5.41) is 0. The van der Waals surface area contributed by atoms with Crippen LogP contribution in [0.4, 0.5) is 17.6 Å². The summed E-state index contributed by atoms with van der Waals surface area (Å²) < 4.78 is 52.6. The quantitative estimate of drug-likeness (QED) is 0.662. The maximum absolute atomic E-state index is 14.0. The highest BCUT2D eigenvalue weighted by Crippen LogP contribution is 2.43. The molecule has 2 fully saturated rings. The average molecular weight is 355 g/mol. The molecule has 1 aromatic rings. The van der Waals surface area contributed by atoms with Gasteiger partial charge in [0.05, 0.1) is 5.56 Å². The minimum atomic E-state index is -2.10. The molecule has 0 amide bonds. The van der Waals surface area contributed by atoms with Crippen molar-refractivity contribution in [1.82, 2.24) is 0 Å². The first kappa shape index (κ1) is 18.4. The lowest BCUT2D eigenvalue weighted by molar-refractivity contribution is 0.177. The molecule has 2 saturated carbocycles. The Labute approximate surface area is 146 Å². The molecule has 0 radical (unpaired) electrons. The lowest BCUT2D eigenvalue weighted by atomic mass is 9.69. The SMILES string of the molecule is NC1CCC(C2CCC(c3cc(F)c(C=C(F)F)c(F)c3)CC2)CC1. The third-order valence-corrected chi connectivity index (χ3v) is 6.08. The van der Waals surface area contributed by atoms with Crippen LogP contribution in [0, 0.1) is 23.5 Å². The molecule has 0 aromatic heterocycles. The summed E-state index contributed by atoms with van der Waals surface area (Å²) >= 11 is 0. The van der Waals surface area contributed by atoms with Crippen molar-refractivity contribution in [3.63, 3.8) is 0 Å². The van der Waals surface area contributed by atoms with Gasteiger partial charge in [-0.2, -0.15) is 8.78 Å². The Hall–Kier alpha value is -1.36. The Morgan fingerprint density at radius 2 is 1.32 bits per heavy atom. The smallest absolute Gasteiger partial charge is 0.271 e. The molecule has 0 heterocycles. The molecule has 0 atom stereocenters. The molecule has 2 aliphatic rings. The van der Waals surface area contributed by atoms with E-state index in [1.807, 2.05) is 0 Å². The van der Waals surface area contributed by atoms with Crippen molar-refractivity contribution in [2.45, 2.75) is 63.3 Å². The van der Waals surface area contributed by atoms with Gasteiger partial charge in [-0.1, -0.05) is 0 Å². The molecule has 0 bridgehead atoms. The molecule has 25 heavy (non-hydrogen) atoms. The molecule has 0 aliphatic heterocycles. The fourth-order valence-electron chi connectivity index (χ4n) is 4.63. The summed E-state index contributed by atoms with van der Waals surface area (Å²) in [5.41, 5.74) is 5.91. The normalized spacial score (nSPS) is 30.1. The van der Waals surface area contributed by atoms with Crippen molar-refractivity contribution in [2.75, 3.05) is 0 Å². The average Bonchev–Trinajstić information content (AvgIpc) is 2.59. The fraction of sp³-hybridized carbons (Fsp3) is 0.600. The molecule has 0 saturated heterocycles. The first-order valence-electron chi connectivity index (χ1n) is 9.21. The van der Waals surface area contributed by atoms with Gasteiger partial charge in [0.25, 0.3) is 6.08 Å². The van der Waals surface area contributed by atoms with Gasteiger partial charge in [0.15, 0.2) is 0 Å². The van der Waals surface area contributed by atoms with Gasteiger partial charge in [-0.05, 0) is 86.8 Å². The lowest BCUT2D eigenvalue weighted by Crippen LogP contribution is -2.31. The molecule has 5 heteroatoms. The van der Waals surface area contributed by atoms with E-state index in [0.29, 0.717) is 17.5 Å². The van der Waals surface area contributed by atoms with Crippen molar-refractivity contribution in [2.24, 2.45) is 17.6 Å². The van der Waals surface area contributed by atoms with Crippen LogP contribution in [0.3, 0.4) is 0 Å². The highest BCUT2D eigenvalue weighted by atomic mass is 19.3. The van der Waals surface area contributed by atoms with Gasteiger partial charge in [-0.15, -0.1) is 0 Å². The highest BCUT2D eigenvalue weighted by molar-refractivity contribution is 5.52. The predicted octanol–water partition coefficient (Wildman–Crippen LogP) is 5.99. The van der Waals surface area contributed by atoms with Crippen molar-refractivity contribution in [3.05, 3.63) is 41.0 Å². The minimum absolute atomic E-state index is 0.111. The number of hydrogen-bond donors (Lipinski definition) is 1. The maximum Gasteiger partial charge on any atom is 0.271 e. The minimum Gasteiger partial charge on any atom is -0.328 e. The zero-order valence-electron chi connectivity index (χ0n) is 14.3. The van der Waals surface area contributed by atoms with E-state index in [0.717, 1.165) is 44.4 Å². The van der Waals surface area contributed by atoms with Gasteiger partial charge in [-0.25, -0.2) is 8.78 Å². The Balaban J connectivity index is 1.64. The van der Waals surface area contributed by atoms with Crippen LogP contribution in [0.2, 0.25) is 0 Å². The molecular formula is C20H25F4N. The largest absolute Gasteiger partial charge is 0.328 e. The summed E-state index contributed by atoms with van der Waals surface area (Å²) in [4.78, 5) is 0. The fourth-order valence-corrected chi connectivity index (χ4v) is 4.63. The third-order valence-electron chi connectivity index (χ3n) is 6.08. The van der Waals surface area contributed by atoms with E-state index in [4.69, 9.17) is 5.73 Å². The predicted molar refractivity (Wildman–Crippen MR) is 91.2 cm³/mol. The van der Waals surface area contributed by atoms with Crippen molar-refractivity contribution < 1.29 is 17.6 Å². The maximum atomic E-state index is 14.0. The van der Waals surface area contributed by atoms with Crippen LogP contribution < -0.4 is 5.73 Å². The second kappa shape index (κ2) is 7.90. The van der Waals surface area contributed by atoms with Gasteiger partial charge >= 0.3 is 0 Å². The van der Waals surface area contributed by atoms with E-state index >= 15 is 0 Å². The molecule has 1 nitrogen and oxygen atoms in total. The van der Waals surface area contributed by atoms with Crippen LogP contribution in [0.15, 0.2) is 18.2 Å². The Kier molecular flexibility index (Phi) is 5.82. The number of benzene rings is 1. The van der Waals surface area contributed by atoms with Crippen LogP contribution in [-0.4, -0.2) is 6.04 Å². The standard InChI is InChI=1S/C20H25F4N/c21-18-9-15(10-19(22)17(18)11-20(23)24)14-3-1-12(2-4-14)13-5-7-16(25)8-6-13/h9-14,16H,1-8,25H2. The van der Waals surface area contributed by atoms with Gasteiger partial charge < -0.3 is 5.73 Å². The van der Waals surface area contributed by atoms with Gasteiger partial charge in [-0.3, -0.25) is 0 Å². The summed E-state index contributed by atoms with van der Waals surface area (Å²) in [7, 11) is 0. The zero-order chi connectivity index (χ0) is 18.0. The van der Waals surface area contributed by atoms with Gasteiger partial charge in [0.1, 0.15) is 11.6 Å². The highest BCUT2D eigenvalue weighted by Gasteiger charge is 2.31. The number of nitrogens with two attached hydrogens (primary N) is 1. The van der Waals surface area contributed by atoms with Crippen LogP contribution >= 0.6 is 0 Å². The second-order valence-corrected chi connectivity index (χ2v) is 7.62. The molecule has 2 N–H and O–H groups in total. The summed E-state index contributed by atoms with van der Waals surface area (Å²) in [6, 6.07) is 2.80. The second-order valence-electron chi connectivity index (χ2n) is 7.62. The first-order chi connectivity index (χ1) is 11.9. The Morgan fingerprint density at radius 3 is 1.80 bits per heavy atom. The number of hydrogen-bond acceptors (Lipinski definition) is 1. The van der Waals surface area contributed by atoms with Crippen LogP contribution in [0.25, 0.3) is 6.08 Å². The topological polar surface area (TPSA) is 26.0 Å². The number of halogens is 4. The molecule has 138 valence electrons. The van der Waals surface area contributed by atoms with E-state index in [9.17, 15) is 17.6 Å². The summed E-state index contributed by atoms with van der Waals surface area (Å²) in [5.74, 6) is -0.299. The van der Waals surface area contributed by atoms with Crippen LogP contribution in [-0.2, 0) is 0 Å². The van der Waals surface area contributed by atoms with E-state index in [1.54, 1.807) is 0 Å². The van der Waals surface area contributed by atoms with Crippen molar-refractivity contribution >= 4 is 6.08 Å². The molecule has 2 aliphatic carbocycles. The third kappa shape index (κ3) is 4.43. The van der Waals surface area contributed by atoms with E-state index < -0.39 is 23.3 Å². The lowest BCUT2D eigenvalue weighted by Gasteiger charge is -2.37. The monoisotopic (exact) mass is 355 g/mol. The van der Waals surface area contributed by atoms with E-state index in [1.165, 1.54) is 25.0 Å². The van der Waals surface area contributed by atoms with Gasteiger partial charge in [0, 0.05) is 12.1 Å². The zero-order valence-corrected chi connectivity index (χ0v) is 14.3. The first-order valence-corrected chi connectivity index (χ1v) is 9.21. The molecule has 3 rings (SSSR count). The van der Waals surface area contributed by atoms with Gasteiger partial charge in [0.2, 0.25) is 0 Å². The molecule has 1 aromatic carbocycles. The summed E-state index contributed by atoms with van der Waals surface area (Å²) in [6.07, 6.45) is 6.66. The number of rotatable bonds is 3. The molecule has 0 spiro atoms. The Morgan fingerprint density at radius 1 is 0.840 bits per heavy atom. The van der Waals surface area contributed by atoms with E-state index in [2.05, 4.69) is 0 Å². The molecule has 0 unspecified atom stereocenters. The Bertz CT molecular complexity index is 600. The van der Waals surface area contributed by atoms with Crippen LogP contribution in [0.5, 0.6) is 0 Å². The summed E-state index contributed by atoms with van der Waals surface area (Å²) in [6.45, 7) is 0. The van der Waals surface area contributed by atoms with Crippen molar-refractivity contribution in [1.29, 1.82) is 0 Å². The molecular weight excluding hydrogens is 330 g/mol. The van der Waals surface area contributed by atoms with Crippen molar-refractivity contribution in [3.8, 4) is 0 Å². The van der Waals surface area contributed by atoms with E-state index in [-0.39, 0.29) is 12.0 Å².